The molecular weight excluding hydrogens is 458 g/mol. The first-order valence-electron chi connectivity index (χ1n) is 11.8. The first-order chi connectivity index (χ1) is 17.5. The second kappa shape index (κ2) is 8.63. The average Bonchev–Trinajstić information content (AvgIpc) is 3.43. The maximum atomic E-state index is 13.5. The molecule has 0 unspecified atom stereocenters. The molecule has 182 valence electrons. The third-order valence-electron chi connectivity index (χ3n) is 6.97. The van der Waals surface area contributed by atoms with E-state index < -0.39 is 0 Å². The highest BCUT2D eigenvalue weighted by atomic mass is 16.5. The predicted octanol–water partition coefficient (Wildman–Crippen LogP) is 3.09. The molecule has 1 aliphatic heterocycles. The van der Waals surface area contributed by atoms with Gasteiger partial charge in [-0.3, -0.25) is 14.3 Å². The number of aryl methyl sites for hydroxylation is 1. The van der Waals surface area contributed by atoms with E-state index in [1.165, 1.54) is 6.33 Å². The summed E-state index contributed by atoms with van der Waals surface area (Å²) in [6.45, 7) is 1.42. The summed E-state index contributed by atoms with van der Waals surface area (Å²) in [6.07, 6.45) is 6.49. The van der Waals surface area contributed by atoms with E-state index in [1.54, 1.807) is 19.4 Å². The predicted molar refractivity (Wildman–Crippen MR) is 136 cm³/mol. The Labute approximate surface area is 206 Å². The fraction of sp³-hybridized carbons (Fsp3) is 0.269. The Morgan fingerprint density at radius 1 is 1.08 bits per heavy atom. The summed E-state index contributed by atoms with van der Waals surface area (Å²) in [5.41, 5.74) is 3.15. The zero-order valence-electron chi connectivity index (χ0n) is 20.0. The first kappa shape index (κ1) is 22.0. The SMILES string of the molecule is COc1ccc2c(c1)c(C(=O)c1cc(N3CCC(n4c(=O)[nH]c5ncccc54)CC3)ncn1)cn2C. The van der Waals surface area contributed by atoms with Crippen LogP contribution in [0.1, 0.15) is 34.9 Å². The van der Waals surface area contributed by atoms with Crippen molar-refractivity contribution in [3.8, 4) is 5.75 Å². The van der Waals surface area contributed by atoms with Gasteiger partial charge in [0.05, 0.1) is 12.6 Å². The third kappa shape index (κ3) is 3.62. The van der Waals surface area contributed by atoms with E-state index in [1.807, 2.05) is 52.7 Å². The van der Waals surface area contributed by atoms with Crippen molar-refractivity contribution in [2.24, 2.45) is 7.05 Å². The molecule has 0 amide bonds. The monoisotopic (exact) mass is 483 g/mol. The molecule has 0 bridgehead atoms. The number of nitrogens with zero attached hydrogens (tertiary/aromatic N) is 6. The van der Waals surface area contributed by atoms with E-state index in [9.17, 15) is 9.59 Å². The molecule has 10 heteroatoms. The summed E-state index contributed by atoms with van der Waals surface area (Å²) in [7, 11) is 3.52. The van der Waals surface area contributed by atoms with Gasteiger partial charge >= 0.3 is 5.69 Å². The minimum absolute atomic E-state index is 0.0697. The van der Waals surface area contributed by atoms with Gasteiger partial charge in [0.1, 0.15) is 23.6 Å². The summed E-state index contributed by atoms with van der Waals surface area (Å²) in [6, 6.07) is 11.3. The summed E-state index contributed by atoms with van der Waals surface area (Å²) in [5, 5.41) is 0.821. The van der Waals surface area contributed by atoms with E-state index in [4.69, 9.17) is 4.74 Å². The largest absolute Gasteiger partial charge is 0.497 e. The van der Waals surface area contributed by atoms with Gasteiger partial charge in [0.25, 0.3) is 0 Å². The number of methoxy groups -OCH3 is 1. The van der Waals surface area contributed by atoms with Gasteiger partial charge in [0, 0.05) is 61.1 Å². The Balaban J connectivity index is 1.24. The highest BCUT2D eigenvalue weighted by Crippen LogP contribution is 2.29. The molecule has 6 rings (SSSR count). The van der Waals surface area contributed by atoms with Gasteiger partial charge in [-0.1, -0.05) is 0 Å². The topological polar surface area (TPSA) is 111 Å². The second-order valence-electron chi connectivity index (χ2n) is 9.02. The third-order valence-corrected chi connectivity index (χ3v) is 6.97. The molecule has 1 N–H and O–H groups in total. The average molecular weight is 484 g/mol. The number of imidazole rings is 1. The van der Waals surface area contributed by atoms with Crippen LogP contribution >= 0.6 is 0 Å². The van der Waals surface area contributed by atoms with Crippen molar-refractivity contribution in [1.29, 1.82) is 0 Å². The highest BCUT2D eigenvalue weighted by molar-refractivity contribution is 6.16. The quantitative estimate of drug-likeness (QED) is 0.383. The summed E-state index contributed by atoms with van der Waals surface area (Å²) in [4.78, 5) is 44.0. The van der Waals surface area contributed by atoms with Gasteiger partial charge in [-0.05, 0) is 43.2 Å². The van der Waals surface area contributed by atoms with Crippen LogP contribution in [-0.2, 0) is 7.05 Å². The number of hydrogen-bond donors (Lipinski definition) is 1. The van der Waals surface area contributed by atoms with Crippen molar-refractivity contribution in [2.45, 2.75) is 18.9 Å². The van der Waals surface area contributed by atoms with Crippen molar-refractivity contribution in [3.05, 3.63) is 76.9 Å². The highest BCUT2D eigenvalue weighted by Gasteiger charge is 2.26. The standard InChI is InChI=1S/C26H25N7O3/c1-31-14-19(18-12-17(36-2)5-6-21(18)31)24(34)20-13-23(29-15-28-20)32-10-7-16(8-11-32)33-22-4-3-9-27-25(22)30-26(33)35/h3-6,9,12-16H,7-8,10-11H2,1-2H3,(H,27,30,35). The molecule has 0 radical (unpaired) electrons. The van der Waals surface area contributed by atoms with Gasteiger partial charge in [0.2, 0.25) is 5.78 Å². The molecule has 36 heavy (non-hydrogen) atoms. The Bertz CT molecular complexity index is 1660. The smallest absolute Gasteiger partial charge is 0.327 e. The first-order valence-corrected chi connectivity index (χ1v) is 11.8. The number of carbonyl (C=O) groups excluding carboxylic acids is 1. The number of aromatic nitrogens is 6. The molecule has 5 aromatic rings. The number of benzene rings is 1. The van der Waals surface area contributed by atoms with E-state index in [0.29, 0.717) is 41.6 Å². The molecule has 0 spiro atoms. The van der Waals surface area contributed by atoms with Gasteiger partial charge in [0.15, 0.2) is 5.65 Å². The zero-order valence-corrected chi connectivity index (χ0v) is 20.0. The van der Waals surface area contributed by atoms with Crippen LogP contribution in [0.15, 0.2) is 59.9 Å². The number of pyridine rings is 1. The number of ether oxygens (including phenoxy) is 1. The molecule has 0 atom stereocenters. The molecule has 1 saturated heterocycles. The van der Waals surface area contributed by atoms with Gasteiger partial charge in [-0.25, -0.2) is 19.7 Å². The Hall–Kier alpha value is -4.47. The van der Waals surface area contributed by atoms with Crippen molar-refractivity contribution in [1.82, 2.24) is 29.1 Å². The van der Waals surface area contributed by atoms with E-state index in [0.717, 1.165) is 29.3 Å². The minimum atomic E-state index is -0.162. The van der Waals surface area contributed by atoms with Gasteiger partial charge < -0.3 is 14.2 Å². The number of H-pyrrole nitrogens is 1. The number of carbonyl (C=O) groups is 1. The molecule has 5 heterocycles. The number of nitrogens with one attached hydrogen (secondary N) is 1. The Morgan fingerprint density at radius 3 is 2.72 bits per heavy atom. The van der Waals surface area contributed by atoms with E-state index in [2.05, 4.69) is 24.8 Å². The van der Waals surface area contributed by atoms with Gasteiger partial charge in [-0.2, -0.15) is 0 Å². The minimum Gasteiger partial charge on any atom is -0.497 e. The van der Waals surface area contributed by atoms with Gasteiger partial charge in [-0.15, -0.1) is 0 Å². The Kier molecular flexibility index (Phi) is 5.28. The molecular formula is C26H25N7O3. The molecule has 1 aromatic carbocycles. The lowest BCUT2D eigenvalue weighted by Gasteiger charge is -2.33. The van der Waals surface area contributed by atoms with Crippen molar-refractivity contribution in [3.63, 3.8) is 0 Å². The van der Waals surface area contributed by atoms with Crippen LogP contribution in [0.5, 0.6) is 5.75 Å². The van der Waals surface area contributed by atoms with Crippen LogP contribution in [0.3, 0.4) is 0 Å². The maximum absolute atomic E-state index is 13.5. The summed E-state index contributed by atoms with van der Waals surface area (Å²) < 4.78 is 9.09. The Morgan fingerprint density at radius 2 is 1.92 bits per heavy atom. The van der Waals surface area contributed by atoms with Crippen molar-refractivity contribution in [2.75, 3.05) is 25.1 Å². The normalized spacial score (nSPS) is 14.6. The number of piperidine rings is 1. The number of fused-ring (bicyclic) bond motifs is 2. The molecule has 1 fully saturated rings. The maximum Gasteiger partial charge on any atom is 0.327 e. The molecule has 1 aliphatic rings. The number of rotatable bonds is 5. The fourth-order valence-corrected chi connectivity index (χ4v) is 5.14. The molecule has 0 saturated carbocycles. The summed E-state index contributed by atoms with van der Waals surface area (Å²) >= 11 is 0. The van der Waals surface area contributed by atoms with E-state index in [-0.39, 0.29) is 17.5 Å². The van der Waals surface area contributed by atoms with E-state index >= 15 is 0 Å². The number of ketones is 1. The van der Waals surface area contributed by atoms with Crippen LogP contribution in [0.2, 0.25) is 0 Å². The lowest BCUT2D eigenvalue weighted by Crippen LogP contribution is -2.37. The number of hydrogen-bond acceptors (Lipinski definition) is 7. The molecule has 10 nitrogen and oxygen atoms in total. The van der Waals surface area contributed by atoms with Crippen molar-refractivity contribution >= 4 is 33.7 Å². The van der Waals surface area contributed by atoms with Crippen LogP contribution in [0, 0.1) is 0 Å². The zero-order chi connectivity index (χ0) is 24.8. The molecule has 4 aromatic heterocycles. The number of aromatic amines is 1. The van der Waals surface area contributed by atoms with Crippen LogP contribution < -0.4 is 15.3 Å². The fourth-order valence-electron chi connectivity index (χ4n) is 5.14. The van der Waals surface area contributed by atoms with Crippen LogP contribution in [0.25, 0.3) is 22.1 Å². The number of anilines is 1. The lowest BCUT2D eigenvalue weighted by atomic mass is 10.0. The second-order valence-corrected chi connectivity index (χ2v) is 9.02. The lowest BCUT2D eigenvalue weighted by molar-refractivity contribution is 0.103. The van der Waals surface area contributed by atoms with Crippen LogP contribution in [-0.4, -0.2) is 55.1 Å². The van der Waals surface area contributed by atoms with Crippen molar-refractivity contribution < 1.29 is 9.53 Å². The molecule has 0 aliphatic carbocycles. The summed E-state index contributed by atoms with van der Waals surface area (Å²) in [5.74, 6) is 1.24. The van der Waals surface area contributed by atoms with Crippen LogP contribution in [0.4, 0.5) is 5.82 Å².